The van der Waals surface area contributed by atoms with Crippen molar-refractivity contribution in [2.75, 3.05) is 5.32 Å². The van der Waals surface area contributed by atoms with Gasteiger partial charge in [0.05, 0.1) is 32.7 Å². The summed E-state index contributed by atoms with van der Waals surface area (Å²) >= 11 is 12.8. The monoisotopic (exact) mass is 391 g/mol. The van der Waals surface area contributed by atoms with Gasteiger partial charge in [-0.3, -0.25) is 10.0 Å². The summed E-state index contributed by atoms with van der Waals surface area (Å²) in [5.74, 6) is 0.0213. The Morgan fingerprint density at radius 1 is 1.15 bits per heavy atom. The van der Waals surface area contributed by atoms with Crippen molar-refractivity contribution in [3.63, 3.8) is 0 Å². The van der Waals surface area contributed by atoms with E-state index in [-0.39, 0.29) is 5.56 Å². The molecule has 1 aromatic heterocycles. The SMILES string of the molecule is Cc1noc(C)c1-c1cc(Cl)c(Nc2ccccc2C(=O)NO)c(Cl)c1. The van der Waals surface area contributed by atoms with E-state index < -0.39 is 5.91 Å². The van der Waals surface area contributed by atoms with Crippen LogP contribution in [0.2, 0.25) is 10.0 Å². The first-order valence-electron chi connectivity index (χ1n) is 7.65. The normalized spacial score (nSPS) is 10.7. The minimum atomic E-state index is -0.646. The maximum Gasteiger partial charge on any atom is 0.276 e. The number of anilines is 2. The first-order valence-corrected chi connectivity index (χ1v) is 8.40. The lowest BCUT2D eigenvalue weighted by atomic mass is 10.0. The molecule has 1 heterocycles. The number of carbonyl (C=O) groups is 1. The molecule has 1 amide bonds. The van der Waals surface area contributed by atoms with Crippen LogP contribution in [0.25, 0.3) is 11.1 Å². The van der Waals surface area contributed by atoms with Gasteiger partial charge in [0.15, 0.2) is 0 Å². The Morgan fingerprint density at radius 2 is 1.81 bits per heavy atom. The molecule has 134 valence electrons. The number of carbonyl (C=O) groups excluding carboxylic acids is 1. The van der Waals surface area contributed by atoms with Crippen molar-refractivity contribution in [2.45, 2.75) is 13.8 Å². The first-order chi connectivity index (χ1) is 12.4. The highest BCUT2D eigenvalue weighted by molar-refractivity contribution is 6.39. The van der Waals surface area contributed by atoms with E-state index in [1.54, 1.807) is 41.9 Å². The van der Waals surface area contributed by atoms with Gasteiger partial charge in [0.2, 0.25) is 0 Å². The largest absolute Gasteiger partial charge is 0.361 e. The van der Waals surface area contributed by atoms with Crippen LogP contribution in [0, 0.1) is 13.8 Å². The molecule has 0 unspecified atom stereocenters. The number of nitrogens with zero attached hydrogens (tertiary/aromatic N) is 1. The number of halogens is 2. The number of hydrogen-bond acceptors (Lipinski definition) is 5. The zero-order valence-corrected chi connectivity index (χ0v) is 15.4. The Morgan fingerprint density at radius 3 is 2.38 bits per heavy atom. The van der Waals surface area contributed by atoms with Crippen LogP contribution in [0.3, 0.4) is 0 Å². The lowest BCUT2D eigenvalue weighted by Crippen LogP contribution is -2.19. The zero-order chi connectivity index (χ0) is 18.8. The van der Waals surface area contributed by atoms with Crippen molar-refractivity contribution in [2.24, 2.45) is 0 Å². The molecule has 0 aliphatic heterocycles. The highest BCUT2D eigenvalue weighted by Crippen LogP contribution is 2.39. The second kappa shape index (κ2) is 7.37. The molecule has 8 heteroatoms. The van der Waals surface area contributed by atoms with Crippen LogP contribution in [0.4, 0.5) is 11.4 Å². The average Bonchev–Trinajstić information content (AvgIpc) is 2.96. The van der Waals surface area contributed by atoms with Gasteiger partial charge in [0.1, 0.15) is 5.76 Å². The number of hydrogen-bond donors (Lipinski definition) is 3. The highest BCUT2D eigenvalue weighted by Gasteiger charge is 2.17. The number of rotatable bonds is 4. The zero-order valence-electron chi connectivity index (χ0n) is 13.9. The summed E-state index contributed by atoms with van der Waals surface area (Å²) in [6.07, 6.45) is 0. The fourth-order valence-electron chi connectivity index (χ4n) is 2.72. The van der Waals surface area contributed by atoms with Crippen molar-refractivity contribution >= 4 is 40.5 Å². The van der Waals surface area contributed by atoms with Crippen LogP contribution in [-0.2, 0) is 0 Å². The number of aromatic nitrogens is 1. The first kappa shape index (κ1) is 18.3. The Bertz CT molecular complexity index is 943. The summed E-state index contributed by atoms with van der Waals surface area (Å²) in [4.78, 5) is 11.8. The van der Waals surface area contributed by atoms with Gasteiger partial charge in [0.25, 0.3) is 5.91 Å². The Kier molecular flexibility index (Phi) is 5.18. The molecular weight excluding hydrogens is 377 g/mol. The number of aryl methyl sites for hydroxylation is 2. The van der Waals surface area contributed by atoms with Gasteiger partial charge in [-0.25, -0.2) is 5.48 Å². The summed E-state index contributed by atoms with van der Waals surface area (Å²) in [5.41, 5.74) is 5.11. The van der Waals surface area contributed by atoms with Gasteiger partial charge in [-0.2, -0.15) is 0 Å². The molecule has 3 rings (SSSR count). The third kappa shape index (κ3) is 3.39. The smallest absolute Gasteiger partial charge is 0.276 e. The van der Waals surface area contributed by atoms with Gasteiger partial charge >= 0.3 is 0 Å². The summed E-state index contributed by atoms with van der Waals surface area (Å²) < 4.78 is 5.19. The second-order valence-electron chi connectivity index (χ2n) is 5.63. The second-order valence-corrected chi connectivity index (χ2v) is 6.44. The molecule has 0 spiro atoms. The molecule has 26 heavy (non-hydrogen) atoms. The van der Waals surface area contributed by atoms with E-state index in [0.29, 0.717) is 27.2 Å². The third-order valence-corrected chi connectivity index (χ3v) is 4.49. The molecule has 6 nitrogen and oxygen atoms in total. The average molecular weight is 392 g/mol. The summed E-state index contributed by atoms with van der Waals surface area (Å²) in [7, 11) is 0. The van der Waals surface area contributed by atoms with Crippen molar-refractivity contribution in [1.82, 2.24) is 10.6 Å². The van der Waals surface area contributed by atoms with Gasteiger partial charge in [-0.15, -0.1) is 0 Å². The fraction of sp³-hybridized carbons (Fsp3) is 0.111. The van der Waals surface area contributed by atoms with Crippen LogP contribution in [0.1, 0.15) is 21.8 Å². The Hall–Kier alpha value is -2.54. The highest BCUT2D eigenvalue weighted by atomic mass is 35.5. The Labute approximate surface area is 159 Å². The predicted molar refractivity (Wildman–Crippen MR) is 100 cm³/mol. The standard InChI is InChI=1S/C18H15Cl2N3O3/c1-9-16(10(2)26-23-9)11-7-13(19)17(14(20)8-11)21-15-6-4-3-5-12(15)18(24)22-25/h3-8,21,25H,1-2H3,(H,22,24). The molecule has 3 aromatic rings. The number of benzene rings is 2. The third-order valence-electron chi connectivity index (χ3n) is 3.90. The summed E-state index contributed by atoms with van der Waals surface area (Å²) in [6, 6.07) is 10.2. The van der Waals surface area contributed by atoms with Gasteiger partial charge in [-0.1, -0.05) is 40.5 Å². The molecule has 0 fully saturated rings. The van der Waals surface area contributed by atoms with Gasteiger partial charge < -0.3 is 9.84 Å². The minimum absolute atomic E-state index is 0.247. The van der Waals surface area contributed by atoms with Crippen molar-refractivity contribution in [3.05, 3.63) is 63.5 Å². The van der Waals surface area contributed by atoms with E-state index in [0.717, 1.165) is 16.8 Å². The maximum atomic E-state index is 11.8. The molecule has 0 saturated carbocycles. The molecule has 2 aromatic carbocycles. The van der Waals surface area contributed by atoms with E-state index in [2.05, 4.69) is 10.5 Å². The van der Waals surface area contributed by atoms with E-state index in [9.17, 15) is 4.79 Å². The van der Waals surface area contributed by atoms with E-state index in [4.69, 9.17) is 32.9 Å². The van der Waals surface area contributed by atoms with Crippen LogP contribution in [0.15, 0.2) is 40.9 Å². The number of nitrogens with one attached hydrogen (secondary N) is 2. The van der Waals surface area contributed by atoms with E-state index in [1.807, 2.05) is 13.8 Å². The van der Waals surface area contributed by atoms with Gasteiger partial charge in [-0.05, 0) is 43.7 Å². The molecule has 0 saturated heterocycles. The molecule has 0 atom stereocenters. The molecule has 0 aliphatic carbocycles. The van der Waals surface area contributed by atoms with Crippen molar-refractivity contribution in [3.8, 4) is 11.1 Å². The Balaban J connectivity index is 2.02. The summed E-state index contributed by atoms with van der Waals surface area (Å²) in [5, 5.41) is 16.6. The van der Waals surface area contributed by atoms with Crippen LogP contribution >= 0.6 is 23.2 Å². The van der Waals surface area contributed by atoms with Crippen LogP contribution in [0.5, 0.6) is 0 Å². The topological polar surface area (TPSA) is 87.4 Å². The molecule has 0 bridgehead atoms. The maximum absolute atomic E-state index is 11.8. The fourth-order valence-corrected chi connectivity index (χ4v) is 3.30. The lowest BCUT2D eigenvalue weighted by molar-refractivity contribution is 0.0707. The van der Waals surface area contributed by atoms with Gasteiger partial charge in [0, 0.05) is 5.56 Å². The number of hydroxylamine groups is 1. The van der Waals surface area contributed by atoms with E-state index >= 15 is 0 Å². The number of amides is 1. The van der Waals surface area contributed by atoms with Crippen molar-refractivity contribution in [1.29, 1.82) is 0 Å². The molecule has 3 N–H and O–H groups in total. The lowest BCUT2D eigenvalue weighted by Gasteiger charge is -2.15. The predicted octanol–water partition coefficient (Wildman–Crippen LogP) is 5.13. The van der Waals surface area contributed by atoms with Crippen LogP contribution in [-0.4, -0.2) is 16.3 Å². The molecule has 0 aliphatic rings. The molecule has 0 radical (unpaired) electrons. The number of para-hydroxylation sites is 1. The quantitative estimate of drug-likeness (QED) is 0.423. The summed E-state index contributed by atoms with van der Waals surface area (Å²) in [6.45, 7) is 3.65. The minimum Gasteiger partial charge on any atom is -0.361 e. The van der Waals surface area contributed by atoms with E-state index in [1.165, 1.54) is 0 Å². The van der Waals surface area contributed by atoms with Crippen molar-refractivity contribution < 1.29 is 14.5 Å². The van der Waals surface area contributed by atoms with Crippen LogP contribution < -0.4 is 10.8 Å². The molecular formula is C18H15Cl2N3O3.